The first-order valence-electron chi connectivity index (χ1n) is 6.05. The molecule has 1 rings (SSSR count). The highest BCUT2D eigenvalue weighted by molar-refractivity contribution is 7.86. The molecule has 1 aromatic rings. The molecule has 1 heterocycles. The summed E-state index contributed by atoms with van der Waals surface area (Å²) >= 11 is 0. The number of hydrogen-bond acceptors (Lipinski definition) is 3. The molecule has 1 aromatic heterocycles. The van der Waals surface area contributed by atoms with E-state index in [-0.39, 0.29) is 11.4 Å². The van der Waals surface area contributed by atoms with Crippen LogP contribution in [0.1, 0.15) is 39.9 Å². The van der Waals surface area contributed by atoms with Gasteiger partial charge in [-0.2, -0.15) is 0 Å². The molecule has 0 spiro atoms. The van der Waals surface area contributed by atoms with Gasteiger partial charge in [-0.3, -0.25) is 9.00 Å². The highest BCUT2D eigenvalue weighted by atomic mass is 32.2. The van der Waals surface area contributed by atoms with Crippen molar-refractivity contribution in [3.8, 4) is 0 Å². The van der Waals surface area contributed by atoms with Crippen LogP contribution in [0.4, 0.5) is 0 Å². The maximum atomic E-state index is 12.2. The molecule has 0 aliphatic rings. The lowest BCUT2D eigenvalue weighted by molar-refractivity contribution is -0.121. The van der Waals surface area contributed by atoms with E-state index in [1.165, 1.54) is 6.26 Å². The fourth-order valence-corrected chi connectivity index (χ4v) is 2.55. The summed E-state index contributed by atoms with van der Waals surface area (Å²) < 4.78 is 17.3. The van der Waals surface area contributed by atoms with Gasteiger partial charge in [0.05, 0.1) is 22.0 Å². The van der Waals surface area contributed by atoms with Gasteiger partial charge >= 0.3 is 0 Å². The minimum atomic E-state index is -1.38. The molecular formula is C13H21NO3S. The maximum absolute atomic E-state index is 12.2. The van der Waals surface area contributed by atoms with Crippen molar-refractivity contribution in [1.82, 2.24) is 5.32 Å². The maximum Gasteiger partial charge on any atom is 0.236 e. The Hall–Kier alpha value is -1.10. The van der Waals surface area contributed by atoms with Gasteiger partial charge < -0.3 is 9.73 Å². The zero-order valence-electron chi connectivity index (χ0n) is 11.6. The van der Waals surface area contributed by atoms with Crippen molar-refractivity contribution in [2.45, 2.75) is 56.7 Å². The highest BCUT2D eigenvalue weighted by Crippen LogP contribution is 2.18. The molecule has 1 N–H and O–H groups in total. The van der Waals surface area contributed by atoms with E-state index in [0.717, 1.165) is 6.42 Å². The largest absolute Gasteiger partial charge is 0.468 e. The van der Waals surface area contributed by atoms with Crippen LogP contribution in [0.15, 0.2) is 21.6 Å². The van der Waals surface area contributed by atoms with Crippen LogP contribution in [0.25, 0.3) is 0 Å². The minimum Gasteiger partial charge on any atom is -0.468 e. The van der Waals surface area contributed by atoms with Crippen molar-refractivity contribution in [3.63, 3.8) is 0 Å². The Kier molecular flexibility index (Phi) is 4.73. The Bertz CT molecular complexity index is 451. The first-order chi connectivity index (χ1) is 8.28. The summed E-state index contributed by atoms with van der Waals surface area (Å²) in [6, 6.07) is 1.65. The molecule has 1 amide bonds. The summed E-state index contributed by atoms with van der Waals surface area (Å²) in [7, 11) is -1.38. The van der Waals surface area contributed by atoms with E-state index < -0.39 is 16.0 Å². The molecule has 102 valence electrons. The van der Waals surface area contributed by atoms with E-state index in [4.69, 9.17) is 4.42 Å². The van der Waals surface area contributed by atoms with Crippen LogP contribution in [0.5, 0.6) is 0 Å². The number of rotatable bonds is 5. The number of nitrogens with one attached hydrogen (secondary N) is 1. The molecule has 5 heteroatoms. The summed E-state index contributed by atoms with van der Waals surface area (Å²) in [5.74, 6) is 0.406. The van der Waals surface area contributed by atoms with Crippen LogP contribution in [-0.4, -0.2) is 20.9 Å². The van der Waals surface area contributed by atoms with Crippen LogP contribution in [0.3, 0.4) is 0 Å². The first-order valence-corrected chi connectivity index (χ1v) is 7.26. The second-order valence-corrected chi connectivity index (χ2v) is 6.75. The number of amides is 1. The monoisotopic (exact) mass is 271 g/mol. The smallest absolute Gasteiger partial charge is 0.236 e. The average molecular weight is 271 g/mol. The molecule has 0 aliphatic heterocycles. The molecule has 0 aliphatic carbocycles. The van der Waals surface area contributed by atoms with Crippen LogP contribution >= 0.6 is 0 Å². The molecule has 0 saturated heterocycles. The summed E-state index contributed by atoms with van der Waals surface area (Å²) in [4.78, 5) is 12.6. The summed E-state index contributed by atoms with van der Waals surface area (Å²) in [6.07, 6.45) is 2.31. The van der Waals surface area contributed by atoms with Gasteiger partial charge in [-0.15, -0.1) is 0 Å². The third-order valence-electron chi connectivity index (χ3n) is 3.06. The summed E-state index contributed by atoms with van der Waals surface area (Å²) in [5.41, 5.74) is -0.277. The third kappa shape index (κ3) is 3.45. The zero-order valence-corrected chi connectivity index (χ0v) is 12.4. The van der Waals surface area contributed by atoms with E-state index in [9.17, 15) is 9.00 Å². The van der Waals surface area contributed by atoms with E-state index in [0.29, 0.717) is 10.7 Å². The fraction of sp³-hybridized carbons (Fsp3) is 0.615. The molecule has 0 fully saturated rings. The number of furan rings is 1. The van der Waals surface area contributed by atoms with E-state index >= 15 is 0 Å². The Balaban J connectivity index is 2.76. The highest BCUT2D eigenvalue weighted by Gasteiger charge is 2.27. The first kappa shape index (κ1) is 15.0. The van der Waals surface area contributed by atoms with Crippen LogP contribution in [-0.2, 0) is 15.6 Å². The van der Waals surface area contributed by atoms with Gasteiger partial charge in [0.1, 0.15) is 11.0 Å². The van der Waals surface area contributed by atoms with Crippen LogP contribution in [0.2, 0.25) is 0 Å². The summed E-state index contributed by atoms with van der Waals surface area (Å²) in [5, 5.41) is 2.31. The van der Waals surface area contributed by atoms with Crippen molar-refractivity contribution in [1.29, 1.82) is 0 Å². The molecule has 4 nitrogen and oxygen atoms in total. The quantitative estimate of drug-likeness (QED) is 0.894. The third-order valence-corrected chi connectivity index (χ3v) is 4.78. The molecule has 0 radical (unpaired) electrons. The Labute approximate surface area is 111 Å². The molecule has 2 atom stereocenters. The van der Waals surface area contributed by atoms with Crippen molar-refractivity contribution in [3.05, 3.63) is 18.1 Å². The van der Waals surface area contributed by atoms with Crippen LogP contribution in [0, 0.1) is 6.92 Å². The van der Waals surface area contributed by atoms with Gasteiger partial charge in [-0.1, -0.05) is 6.92 Å². The lowest BCUT2D eigenvalue weighted by atomic mass is 10.0. The second-order valence-electron chi connectivity index (χ2n) is 5.01. The van der Waals surface area contributed by atoms with Gasteiger partial charge in [0.25, 0.3) is 0 Å². The molecule has 0 bridgehead atoms. The molecule has 0 unspecified atom stereocenters. The van der Waals surface area contributed by atoms with Gasteiger partial charge in [-0.25, -0.2) is 0 Å². The topological polar surface area (TPSA) is 59.3 Å². The van der Waals surface area contributed by atoms with Crippen molar-refractivity contribution in [2.75, 3.05) is 0 Å². The Morgan fingerprint density at radius 1 is 1.56 bits per heavy atom. The van der Waals surface area contributed by atoms with Gasteiger partial charge in [-0.05, 0) is 40.2 Å². The lowest BCUT2D eigenvalue weighted by Crippen LogP contribution is -2.47. The minimum absolute atomic E-state index is 0.194. The van der Waals surface area contributed by atoms with E-state index in [1.54, 1.807) is 19.9 Å². The number of aryl methyl sites for hydroxylation is 1. The predicted molar refractivity (Wildman–Crippen MR) is 71.8 cm³/mol. The average Bonchev–Trinajstić information content (AvgIpc) is 2.73. The van der Waals surface area contributed by atoms with Crippen molar-refractivity contribution in [2.24, 2.45) is 0 Å². The van der Waals surface area contributed by atoms with Gasteiger partial charge in [0, 0.05) is 5.54 Å². The lowest BCUT2D eigenvalue weighted by Gasteiger charge is -2.26. The second kappa shape index (κ2) is 5.69. The number of hydrogen-bond donors (Lipinski definition) is 1. The SMILES string of the molecule is CCC(C)(C)NC(=O)[C@@H](C)[S@](=O)c1ccoc1C. The molecule has 18 heavy (non-hydrogen) atoms. The number of carbonyl (C=O) groups excluding carboxylic acids is 1. The molecule has 0 saturated carbocycles. The van der Waals surface area contributed by atoms with E-state index in [1.807, 2.05) is 20.8 Å². The zero-order chi connectivity index (χ0) is 13.9. The van der Waals surface area contributed by atoms with Crippen molar-refractivity contribution < 1.29 is 13.4 Å². The number of carbonyl (C=O) groups is 1. The summed E-state index contributed by atoms with van der Waals surface area (Å²) in [6.45, 7) is 9.31. The Morgan fingerprint density at radius 2 is 2.17 bits per heavy atom. The standard InChI is InChI=1S/C13H21NO3S/c1-6-13(4,5)14-12(15)10(3)18(16)11-7-8-17-9(11)2/h7-8,10H,6H2,1-5H3,(H,14,15)/t10-,18+/m1/s1. The fourth-order valence-electron chi connectivity index (χ4n) is 1.39. The molecule has 0 aromatic carbocycles. The Morgan fingerprint density at radius 3 is 2.61 bits per heavy atom. The molecular weight excluding hydrogens is 250 g/mol. The normalized spacial score (nSPS) is 15.2. The van der Waals surface area contributed by atoms with Crippen molar-refractivity contribution >= 4 is 16.7 Å². The van der Waals surface area contributed by atoms with Gasteiger partial charge in [0.15, 0.2) is 0 Å². The van der Waals surface area contributed by atoms with Crippen LogP contribution < -0.4 is 5.32 Å². The predicted octanol–water partition coefficient (Wildman–Crippen LogP) is 2.39. The van der Waals surface area contributed by atoms with E-state index in [2.05, 4.69) is 5.32 Å². The van der Waals surface area contributed by atoms with Gasteiger partial charge in [0.2, 0.25) is 5.91 Å².